The lowest BCUT2D eigenvalue weighted by Crippen LogP contribution is -2.42. The van der Waals surface area contributed by atoms with Crippen LogP contribution in [-0.4, -0.2) is 11.9 Å². The van der Waals surface area contributed by atoms with Gasteiger partial charge in [-0.05, 0) is 55.7 Å². The van der Waals surface area contributed by atoms with Gasteiger partial charge in [0.2, 0.25) is 5.91 Å². The molecule has 4 atom stereocenters. The topological polar surface area (TPSA) is 55.1 Å². The van der Waals surface area contributed by atoms with Crippen LogP contribution in [-0.2, 0) is 4.79 Å². The molecule has 20 heavy (non-hydrogen) atoms. The molecule has 0 radical (unpaired) electrons. The molecule has 2 aliphatic carbocycles. The minimum Gasteiger partial charge on any atom is -0.327 e. The molecule has 1 amide bonds. The van der Waals surface area contributed by atoms with Crippen LogP contribution in [0.15, 0.2) is 12.1 Å². The number of hydrogen-bond donors (Lipinski definition) is 2. The van der Waals surface area contributed by atoms with E-state index in [1.807, 2.05) is 6.92 Å². The van der Waals surface area contributed by atoms with Gasteiger partial charge in [0.05, 0.1) is 16.6 Å². The van der Waals surface area contributed by atoms with Crippen LogP contribution in [0.5, 0.6) is 0 Å². The third-order valence-electron chi connectivity index (χ3n) is 4.79. The summed E-state index contributed by atoms with van der Waals surface area (Å²) in [5, 5.41) is 4.01. The first-order valence-electron chi connectivity index (χ1n) is 6.99. The monoisotopic (exact) mass is 312 g/mol. The Morgan fingerprint density at radius 1 is 1.25 bits per heavy atom. The van der Waals surface area contributed by atoms with Crippen molar-refractivity contribution in [2.45, 2.75) is 32.2 Å². The Hall–Kier alpha value is -0.770. The molecule has 0 spiro atoms. The summed E-state index contributed by atoms with van der Waals surface area (Å²) in [6.45, 7) is 1.88. The SMILES string of the molecule is Cc1cc(Cl)c(NC(=O)C2C3CCC(C3)C2N)cc1Cl. The molecule has 108 valence electrons. The number of rotatable bonds is 2. The van der Waals surface area contributed by atoms with E-state index in [1.165, 1.54) is 0 Å². The molecule has 2 fully saturated rings. The summed E-state index contributed by atoms with van der Waals surface area (Å²) in [4.78, 5) is 12.5. The molecule has 3 nitrogen and oxygen atoms in total. The fourth-order valence-corrected chi connectivity index (χ4v) is 4.11. The molecular formula is C15H18Cl2N2O. The summed E-state index contributed by atoms with van der Waals surface area (Å²) in [6.07, 6.45) is 3.35. The molecule has 4 unspecified atom stereocenters. The Morgan fingerprint density at radius 2 is 1.95 bits per heavy atom. The van der Waals surface area contributed by atoms with Crippen LogP contribution in [0.3, 0.4) is 0 Å². The highest BCUT2D eigenvalue weighted by Crippen LogP contribution is 2.48. The van der Waals surface area contributed by atoms with Gasteiger partial charge in [-0.15, -0.1) is 0 Å². The van der Waals surface area contributed by atoms with Crippen LogP contribution >= 0.6 is 23.2 Å². The van der Waals surface area contributed by atoms with Crippen molar-refractivity contribution >= 4 is 34.8 Å². The molecule has 0 aromatic heterocycles. The Bertz CT molecular complexity index is 559. The number of anilines is 1. The number of amides is 1. The Morgan fingerprint density at radius 3 is 2.60 bits per heavy atom. The predicted octanol–water partition coefficient (Wildman–Crippen LogP) is 3.61. The summed E-state index contributed by atoms with van der Waals surface area (Å²) in [5.74, 6) is 0.818. The van der Waals surface area contributed by atoms with Crippen LogP contribution in [0.2, 0.25) is 10.0 Å². The van der Waals surface area contributed by atoms with E-state index in [0.29, 0.717) is 27.6 Å². The normalized spacial score (nSPS) is 31.6. The van der Waals surface area contributed by atoms with Crippen molar-refractivity contribution in [2.24, 2.45) is 23.5 Å². The standard InChI is InChI=1S/C15H18Cl2N2O/c1-7-4-11(17)12(6-10(7)16)19-15(20)13-8-2-3-9(5-8)14(13)18/h4,6,8-9,13-14H,2-3,5,18H2,1H3,(H,19,20). The van der Waals surface area contributed by atoms with E-state index in [9.17, 15) is 4.79 Å². The van der Waals surface area contributed by atoms with Crippen LogP contribution in [0, 0.1) is 24.7 Å². The van der Waals surface area contributed by atoms with Crippen molar-refractivity contribution in [3.8, 4) is 0 Å². The van der Waals surface area contributed by atoms with E-state index >= 15 is 0 Å². The zero-order chi connectivity index (χ0) is 14.4. The van der Waals surface area contributed by atoms with Gasteiger partial charge in [0, 0.05) is 11.1 Å². The smallest absolute Gasteiger partial charge is 0.229 e. The Labute approximate surface area is 128 Å². The minimum atomic E-state index is -0.0927. The van der Waals surface area contributed by atoms with Gasteiger partial charge in [-0.2, -0.15) is 0 Å². The molecule has 3 N–H and O–H groups in total. The van der Waals surface area contributed by atoms with E-state index in [1.54, 1.807) is 12.1 Å². The number of benzene rings is 1. The van der Waals surface area contributed by atoms with Crippen molar-refractivity contribution in [3.63, 3.8) is 0 Å². The molecule has 2 bridgehead atoms. The maximum absolute atomic E-state index is 12.5. The van der Waals surface area contributed by atoms with Crippen LogP contribution in [0.25, 0.3) is 0 Å². The van der Waals surface area contributed by atoms with Gasteiger partial charge in [0.15, 0.2) is 0 Å². The summed E-state index contributed by atoms with van der Waals surface area (Å²) in [6, 6.07) is 3.45. The summed E-state index contributed by atoms with van der Waals surface area (Å²) in [5.41, 5.74) is 7.66. The van der Waals surface area contributed by atoms with Crippen molar-refractivity contribution < 1.29 is 4.79 Å². The van der Waals surface area contributed by atoms with Gasteiger partial charge in [-0.25, -0.2) is 0 Å². The van der Waals surface area contributed by atoms with Gasteiger partial charge in [0.1, 0.15) is 0 Å². The number of nitrogens with one attached hydrogen (secondary N) is 1. The number of carbonyl (C=O) groups is 1. The predicted molar refractivity (Wildman–Crippen MR) is 82.1 cm³/mol. The number of halogens is 2. The lowest BCUT2D eigenvalue weighted by atomic mass is 9.84. The van der Waals surface area contributed by atoms with E-state index in [0.717, 1.165) is 24.8 Å². The van der Waals surface area contributed by atoms with E-state index in [2.05, 4.69) is 5.32 Å². The quantitative estimate of drug-likeness (QED) is 0.876. The molecule has 0 aliphatic heterocycles. The highest BCUT2D eigenvalue weighted by molar-refractivity contribution is 6.36. The molecule has 1 aromatic rings. The van der Waals surface area contributed by atoms with Gasteiger partial charge in [-0.3, -0.25) is 4.79 Å². The largest absolute Gasteiger partial charge is 0.327 e. The second-order valence-electron chi connectivity index (χ2n) is 6.01. The van der Waals surface area contributed by atoms with Gasteiger partial charge < -0.3 is 11.1 Å². The highest BCUT2D eigenvalue weighted by atomic mass is 35.5. The first-order chi connectivity index (χ1) is 9.47. The molecule has 3 rings (SSSR count). The zero-order valence-corrected chi connectivity index (χ0v) is 12.8. The molecule has 2 saturated carbocycles. The third kappa shape index (κ3) is 2.32. The fourth-order valence-electron chi connectivity index (χ4n) is 3.68. The second-order valence-corrected chi connectivity index (χ2v) is 6.82. The van der Waals surface area contributed by atoms with Crippen molar-refractivity contribution in [2.75, 3.05) is 5.32 Å². The van der Waals surface area contributed by atoms with Gasteiger partial charge in [0.25, 0.3) is 0 Å². The summed E-state index contributed by atoms with van der Waals surface area (Å²) < 4.78 is 0. The fraction of sp³-hybridized carbons (Fsp3) is 0.533. The van der Waals surface area contributed by atoms with Crippen molar-refractivity contribution in [1.82, 2.24) is 0 Å². The second kappa shape index (κ2) is 5.21. The third-order valence-corrected chi connectivity index (χ3v) is 5.51. The molecule has 5 heteroatoms. The number of carbonyl (C=O) groups excluding carboxylic acids is 1. The van der Waals surface area contributed by atoms with Crippen molar-refractivity contribution in [3.05, 3.63) is 27.7 Å². The maximum Gasteiger partial charge on any atom is 0.229 e. The number of hydrogen-bond acceptors (Lipinski definition) is 2. The number of nitrogens with two attached hydrogens (primary N) is 1. The summed E-state index contributed by atoms with van der Waals surface area (Å²) in [7, 11) is 0. The van der Waals surface area contributed by atoms with Gasteiger partial charge in [-0.1, -0.05) is 23.2 Å². The van der Waals surface area contributed by atoms with Crippen molar-refractivity contribution in [1.29, 1.82) is 0 Å². The number of aryl methyl sites for hydroxylation is 1. The zero-order valence-electron chi connectivity index (χ0n) is 11.3. The molecular weight excluding hydrogens is 295 g/mol. The van der Waals surface area contributed by atoms with E-state index in [4.69, 9.17) is 28.9 Å². The Balaban J connectivity index is 1.78. The summed E-state index contributed by atoms with van der Waals surface area (Å²) >= 11 is 12.2. The number of fused-ring (bicyclic) bond motifs is 2. The van der Waals surface area contributed by atoms with E-state index in [-0.39, 0.29) is 17.9 Å². The van der Waals surface area contributed by atoms with Crippen LogP contribution < -0.4 is 11.1 Å². The first kappa shape index (κ1) is 14.2. The average Bonchev–Trinajstić information content (AvgIpc) is 2.96. The maximum atomic E-state index is 12.5. The first-order valence-corrected chi connectivity index (χ1v) is 7.75. The lowest BCUT2D eigenvalue weighted by molar-refractivity contribution is -0.121. The lowest BCUT2D eigenvalue weighted by Gasteiger charge is -2.27. The Kier molecular flexibility index (Phi) is 3.69. The molecule has 0 saturated heterocycles. The van der Waals surface area contributed by atoms with Gasteiger partial charge >= 0.3 is 0 Å². The molecule has 1 aromatic carbocycles. The van der Waals surface area contributed by atoms with Crippen LogP contribution in [0.1, 0.15) is 24.8 Å². The minimum absolute atomic E-state index is 0.0200. The van der Waals surface area contributed by atoms with Crippen LogP contribution in [0.4, 0.5) is 5.69 Å². The van der Waals surface area contributed by atoms with E-state index < -0.39 is 0 Å². The molecule has 0 heterocycles. The highest BCUT2D eigenvalue weighted by Gasteiger charge is 2.49. The average molecular weight is 313 g/mol. The molecule has 2 aliphatic rings.